The number of nitrogen functional groups attached to an aromatic ring is 1. The highest BCUT2D eigenvalue weighted by Gasteiger charge is 2.29. The quantitative estimate of drug-likeness (QED) is 0.479. The Morgan fingerprint density at radius 2 is 2.20 bits per heavy atom. The predicted molar refractivity (Wildman–Crippen MR) is 76.3 cm³/mol. The zero-order valence-electron chi connectivity index (χ0n) is 11.6. The van der Waals surface area contributed by atoms with Crippen LogP contribution in [0.5, 0.6) is 0 Å². The van der Waals surface area contributed by atoms with Gasteiger partial charge in [0.25, 0.3) is 0 Å². The van der Waals surface area contributed by atoms with Crippen molar-refractivity contribution in [2.45, 2.75) is 32.6 Å². The van der Waals surface area contributed by atoms with Crippen LogP contribution >= 0.6 is 0 Å². The number of nitrogens with one attached hydrogen (secondary N) is 1. The van der Waals surface area contributed by atoms with Gasteiger partial charge in [0.15, 0.2) is 0 Å². The number of hydrogen-bond acceptors (Lipinski definition) is 7. The van der Waals surface area contributed by atoms with Crippen molar-refractivity contribution in [1.82, 2.24) is 9.97 Å². The van der Waals surface area contributed by atoms with Gasteiger partial charge in [-0.1, -0.05) is 19.8 Å². The smallest absolute Gasteiger partial charge is 0.351 e. The zero-order chi connectivity index (χ0) is 14.5. The number of nitrogens with two attached hydrogens (primary N) is 1. The fraction of sp³-hybridized carbons (Fsp3) is 0.667. The van der Waals surface area contributed by atoms with Crippen LogP contribution in [-0.2, 0) is 0 Å². The van der Waals surface area contributed by atoms with Crippen molar-refractivity contribution >= 4 is 17.3 Å². The highest BCUT2D eigenvalue weighted by molar-refractivity contribution is 5.69. The Balaban J connectivity index is 2.19. The molecule has 1 aromatic heterocycles. The van der Waals surface area contributed by atoms with Crippen molar-refractivity contribution in [3.63, 3.8) is 0 Å². The number of hydrazine groups is 1. The van der Waals surface area contributed by atoms with Crippen molar-refractivity contribution in [3.8, 4) is 0 Å². The highest BCUT2D eigenvalue weighted by atomic mass is 16.6. The summed E-state index contributed by atoms with van der Waals surface area (Å²) >= 11 is 0. The van der Waals surface area contributed by atoms with E-state index in [9.17, 15) is 10.1 Å². The molecule has 1 saturated heterocycles. The van der Waals surface area contributed by atoms with Crippen LogP contribution in [-0.4, -0.2) is 28.0 Å². The molecule has 0 radical (unpaired) electrons. The minimum atomic E-state index is -0.483. The van der Waals surface area contributed by atoms with Gasteiger partial charge in [-0.2, -0.15) is 0 Å². The lowest BCUT2D eigenvalue weighted by Crippen LogP contribution is -2.35. The molecule has 0 amide bonds. The molecule has 1 aliphatic rings. The second kappa shape index (κ2) is 6.47. The summed E-state index contributed by atoms with van der Waals surface area (Å²) in [5.41, 5.74) is 2.12. The third-order valence-corrected chi connectivity index (χ3v) is 3.73. The summed E-state index contributed by atoms with van der Waals surface area (Å²) in [7, 11) is 0. The summed E-state index contributed by atoms with van der Waals surface area (Å²) in [6.45, 7) is 3.75. The van der Waals surface area contributed by atoms with Crippen molar-refractivity contribution in [2.75, 3.05) is 23.4 Å². The lowest BCUT2D eigenvalue weighted by atomic mass is 9.92. The van der Waals surface area contributed by atoms with Crippen molar-refractivity contribution in [3.05, 3.63) is 16.4 Å². The van der Waals surface area contributed by atoms with Gasteiger partial charge in [0.05, 0.1) is 4.92 Å². The van der Waals surface area contributed by atoms with Crippen LogP contribution < -0.4 is 16.2 Å². The monoisotopic (exact) mass is 280 g/mol. The standard InChI is InChI=1S/C12H20N6O2/c1-2-3-9-4-6-17(7-5-9)12-10(18(19)20)11(16-13)14-8-15-12/h8-9H,2-7,13H2,1H3,(H,14,15,16). The molecular formula is C12H20N6O2. The average Bonchev–Trinajstić information content (AvgIpc) is 2.47. The van der Waals surface area contributed by atoms with Gasteiger partial charge in [-0.25, -0.2) is 15.8 Å². The van der Waals surface area contributed by atoms with Gasteiger partial charge in [-0.3, -0.25) is 10.1 Å². The molecule has 0 saturated carbocycles. The minimum Gasteiger partial charge on any atom is -0.351 e. The third kappa shape index (κ3) is 2.96. The lowest BCUT2D eigenvalue weighted by Gasteiger charge is -2.32. The van der Waals surface area contributed by atoms with E-state index in [1.165, 1.54) is 19.2 Å². The zero-order valence-corrected chi connectivity index (χ0v) is 11.6. The molecule has 0 unspecified atom stereocenters. The van der Waals surface area contributed by atoms with Gasteiger partial charge in [0.1, 0.15) is 6.33 Å². The molecule has 2 heterocycles. The molecule has 8 heteroatoms. The number of nitro groups is 1. The van der Waals surface area contributed by atoms with Crippen molar-refractivity contribution in [2.24, 2.45) is 11.8 Å². The number of piperidine rings is 1. The molecule has 110 valence electrons. The summed E-state index contributed by atoms with van der Waals surface area (Å²) in [6, 6.07) is 0. The fourth-order valence-corrected chi connectivity index (χ4v) is 2.72. The van der Waals surface area contributed by atoms with Crippen LogP contribution in [0.1, 0.15) is 32.6 Å². The van der Waals surface area contributed by atoms with Crippen LogP contribution in [0.4, 0.5) is 17.3 Å². The van der Waals surface area contributed by atoms with Crippen LogP contribution in [0.15, 0.2) is 6.33 Å². The third-order valence-electron chi connectivity index (χ3n) is 3.73. The molecule has 1 aromatic rings. The van der Waals surface area contributed by atoms with E-state index >= 15 is 0 Å². The molecule has 8 nitrogen and oxygen atoms in total. The van der Waals surface area contributed by atoms with Crippen LogP contribution in [0.25, 0.3) is 0 Å². The van der Waals surface area contributed by atoms with E-state index in [0.29, 0.717) is 11.7 Å². The van der Waals surface area contributed by atoms with Gasteiger partial charge in [0.2, 0.25) is 11.6 Å². The number of rotatable bonds is 5. The van der Waals surface area contributed by atoms with Gasteiger partial charge in [-0.15, -0.1) is 0 Å². The molecule has 3 N–H and O–H groups in total. The van der Waals surface area contributed by atoms with Gasteiger partial charge in [0, 0.05) is 13.1 Å². The maximum Gasteiger partial charge on any atom is 0.354 e. The second-order valence-electron chi connectivity index (χ2n) is 5.02. The summed E-state index contributed by atoms with van der Waals surface area (Å²) in [5.74, 6) is 6.40. The van der Waals surface area contributed by atoms with E-state index in [1.54, 1.807) is 0 Å². The Morgan fingerprint density at radius 1 is 1.50 bits per heavy atom. The van der Waals surface area contributed by atoms with Crippen LogP contribution in [0.3, 0.4) is 0 Å². The number of nitrogens with zero attached hydrogens (tertiary/aromatic N) is 4. The normalized spacial score (nSPS) is 16.2. The second-order valence-corrected chi connectivity index (χ2v) is 5.02. The van der Waals surface area contributed by atoms with Gasteiger partial charge in [-0.05, 0) is 18.8 Å². The summed E-state index contributed by atoms with van der Waals surface area (Å²) in [6.07, 6.45) is 5.78. The average molecular weight is 280 g/mol. The molecule has 0 bridgehead atoms. The Kier molecular flexibility index (Phi) is 4.67. The van der Waals surface area contributed by atoms with E-state index in [1.807, 2.05) is 4.90 Å². The summed E-state index contributed by atoms with van der Waals surface area (Å²) in [5, 5.41) is 11.2. The first-order valence-electron chi connectivity index (χ1n) is 6.88. The molecule has 0 aliphatic carbocycles. The number of hydrogen-bond donors (Lipinski definition) is 2. The Labute approximate surface area is 117 Å². The molecule has 2 rings (SSSR count). The first kappa shape index (κ1) is 14.4. The van der Waals surface area contributed by atoms with Crippen LogP contribution in [0.2, 0.25) is 0 Å². The van der Waals surface area contributed by atoms with E-state index in [0.717, 1.165) is 25.9 Å². The SMILES string of the molecule is CCCC1CCN(c2ncnc(NN)c2[N+](=O)[O-])CC1. The topological polar surface area (TPSA) is 110 Å². The van der Waals surface area contributed by atoms with Crippen molar-refractivity contribution < 1.29 is 4.92 Å². The van der Waals surface area contributed by atoms with Crippen LogP contribution in [0, 0.1) is 16.0 Å². The Morgan fingerprint density at radius 3 is 2.75 bits per heavy atom. The van der Waals surface area contributed by atoms with Gasteiger partial charge >= 0.3 is 5.69 Å². The Bertz CT molecular complexity index is 473. The first-order chi connectivity index (χ1) is 9.67. The molecule has 0 spiro atoms. The summed E-state index contributed by atoms with van der Waals surface area (Å²) < 4.78 is 0. The molecule has 0 atom stereocenters. The highest BCUT2D eigenvalue weighted by Crippen LogP contribution is 2.34. The Hall–Kier alpha value is -1.96. The molecule has 1 fully saturated rings. The fourth-order valence-electron chi connectivity index (χ4n) is 2.72. The maximum absolute atomic E-state index is 11.2. The maximum atomic E-state index is 11.2. The first-order valence-corrected chi connectivity index (χ1v) is 6.88. The number of anilines is 2. The van der Waals surface area contributed by atoms with E-state index in [4.69, 9.17) is 5.84 Å². The van der Waals surface area contributed by atoms with E-state index in [-0.39, 0.29) is 11.5 Å². The molecular weight excluding hydrogens is 260 g/mol. The largest absolute Gasteiger partial charge is 0.354 e. The van der Waals surface area contributed by atoms with Crippen molar-refractivity contribution in [1.29, 1.82) is 0 Å². The van der Waals surface area contributed by atoms with E-state index in [2.05, 4.69) is 22.3 Å². The molecule has 0 aromatic carbocycles. The predicted octanol–water partition coefficient (Wildman–Crippen LogP) is 1.69. The van der Waals surface area contributed by atoms with E-state index < -0.39 is 4.92 Å². The number of aromatic nitrogens is 2. The minimum absolute atomic E-state index is 0.0516. The molecule has 1 aliphatic heterocycles. The summed E-state index contributed by atoms with van der Waals surface area (Å²) in [4.78, 5) is 20.6. The van der Waals surface area contributed by atoms with Gasteiger partial charge < -0.3 is 10.3 Å². The molecule has 20 heavy (non-hydrogen) atoms. The lowest BCUT2D eigenvalue weighted by molar-refractivity contribution is -0.383.